The van der Waals surface area contributed by atoms with Crippen LogP contribution in [0, 0.1) is 0 Å². The third kappa shape index (κ3) is 3.29. The molecule has 1 amide bonds. The minimum atomic E-state index is -0.498. The third-order valence-corrected chi connectivity index (χ3v) is 5.51. The molecule has 148 valence electrons. The molecule has 2 aromatic heterocycles. The highest BCUT2D eigenvalue weighted by molar-refractivity contribution is 5.96. The lowest BCUT2D eigenvalue weighted by Crippen LogP contribution is -2.31. The molecule has 0 unspecified atom stereocenters. The summed E-state index contributed by atoms with van der Waals surface area (Å²) in [7, 11) is 1.66. The first kappa shape index (κ1) is 18.6. The molecular formula is C20H24N4O4. The number of primary amides is 1. The molecule has 8 nitrogen and oxygen atoms in total. The standard InChI is InChI=1S/C20H24N4O4/c1-27-8-9-28-15-5-3-14(4-6-15)24-16-7-2-13(19(21)25)10-17(16)23-12-22-11-18(23)20(24)26/h2,7,10-12,14-15H,3-6,8-9H2,1H3,(H2,21,25). The Morgan fingerprint density at radius 1 is 1.18 bits per heavy atom. The van der Waals surface area contributed by atoms with Crippen molar-refractivity contribution in [2.75, 3.05) is 20.3 Å². The Morgan fingerprint density at radius 2 is 1.96 bits per heavy atom. The van der Waals surface area contributed by atoms with Crippen molar-refractivity contribution in [2.24, 2.45) is 5.73 Å². The van der Waals surface area contributed by atoms with Gasteiger partial charge in [0.2, 0.25) is 5.91 Å². The number of nitrogens with two attached hydrogens (primary N) is 1. The van der Waals surface area contributed by atoms with Gasteiger partial charge in [-0.15, -0.1) is 0 Å². The monoisotopic (exact) mass is 384 g/mol. The van der Waals surface area contributed by atoms with Crippen molar-refractivity contribution < 1.29 is 14.3 Å². The highest BCUT2D eigenvalue weighted by atomic mass is 16.5. The topological polar surface area (TPSA) is 101 Å². The summed E-state index contributed by atoms with van der Waals surface area (Å²) in [5, 5.41) is 0. The highest BCUT2D eigenvalue weighted by Crippen LogP contribution is 2.31. The van der Waals surface area contributed by atoms with Gasteiger partial charge < -0.3 is 19.8 Å². The van der Waals surface area contributed by atoms with Gasteiger partial charge in [0, 0.05) is 18.7 Å². The van der Waals surface area contributed by atoms with E-state index in [4.69, 9.17) is 15.2 Å². The van der Waals surface area contributed by atoms with Crippen LogP contribution in [0.5, 0.6) is 0 Å². The van der Waals surface area contributed by atoms with Gasteiger partial charge in [-0.2, -0.15) is 0 Å². The summed E-state index contributed by atoms with van der Waals surface area (Å²) >= 11 is 0. The lowest BCUT2D eigenvalue weighted by atomic mass is 9.92. The van der Waals surface area contributed by atoms with Crippen LogP contribution in [-0.4, -0.2) is 46.3 Å². The molecule has 0 aliphatic heterocycles. The SMILES string of the molecule is COCCOC1CCC(n2c(=O)c3cncn3c3cc(C(N)=O)ccc32)CC1. The van der Waals surface area contributed by atoms with Gasteiger partial charge in [0.25, 0.3) is 5.56 Å². The Morgan fingerprint density at radius 3 is 2.68 bits per heavy atom. The van der Waals surface area contributed by atoms with Crippen molar-refractivity contribution >= 4 is 22.5 Å². The fourth-order valence-corrected chi connectivity index (χ4v) is 4.08. The maximum absolute atomic E-state index is 13.2. The molecule has 0 atom stereocenters. The maximum atomic E-state index is 13.2. The summed E-state index contributed by atoms with van der Waals surface area (Å²) in [4.78, 5) is 28.9. The van der Waals surface area contributed by atoms with E-state index >= 15 is 0 Å². The van der Waals surface area contributed by atoms with Gasteiger partial charge in [-0.3, -0.25) is 14.0 Å². The summed E-state index contributed by atoms with van der Waals surface area (Å²) in [6.45, 7) is 1.18. The zero-order chi connectivity index (χ0) is 19.7. The number of hydrogen-bond donors (Lipinski definition) is 1. The Labute approximate surface area is 161 Å². The normalized spacial score (nSPS) is 20.0. The van der Waals surface area contributed by atoms with Crippen LogP contribution in [0.4, 0.5) is 0 Å². The van der Waals surface area contributed by atoms with Crippen LogP contribution < -0.4 is 11.3 Å². The molecule has 0 saturated heterocycles. The molecule has 4 rings (SSSR count). The summed E-state index contributed by atoms with van der Waals surface area (Å²) in [6.07, 6.45) is 6.86. The molecule has 1 aromatic carbocycles. The number of amides is 1. The molecule has 8 heteroatoms. The molecule has 0 spiro atoms. The van der Waals surface area contributed by atoms with E-state index in [0.29, 0.717) is 24.3 Å². The maximum Gasteiger partial charge on any atom is 0.277 e. The average Bonchev–Trinajstić information content (AvgIpc) is 3.20. The molecule has 1 saturated carbocycles. The number of aromatic nitrogens is 3. The number of fused-ring (bicyclic) bond motifs is 3. The van der Waals surface area contributed by atoms with Crippen molar-refractivity contribution in [1.82, 2.24) is 14.0 Å². The number of carbonyl (C=O) groups excluding carboxylic acids is 1. The Bertz CT molecular complexity index is 1060. The van der Waals surface area contributed by atoms with Crippen molar-refractivity contribution in [2.45, 2.75) is 37.8 Å². The second-order valence-corrected chi connectivity index (χ2v) is 7.19. The third-order valence-electron chi connectivity index (χ3n) is 5.51. The average molecular weight is 384 g/mol. The first-order valence-electron chi connectivity index (χ1n) is 9.51. The van der Waals surface area contributed by atoms with E-state index < -0.39 is 5.91 Å². The molecule has 1 fully saturated rings. The van der Waals surface area contributed by atoms with Gasteiger partial charge in [-0.05, 0) is 43.9 Å². The largest absolute Gasteiger partial charge is 0.382 e. The number of methoxy groups -OCH3 is 1. The molecule has 2 N–H and O–H groups in total. The second kappa shape index (κ2) is 7.73. The van der Waals surface area contributed by atoms with E-state index in [1.165, 1.54) is 0 Å². The summed E-state index contributed by atoms with van der Waals surface area (Å²) < 4.78 is 14.5. The first-order valence-corrected chi connectivity index (χ1v) is 9.51. The summed E-state index contributed by atoms with van der Waals surface area (Å²) in [6, 6.07) is 5.28. The van der Waals surface area contributed by atoms with Gasteiger partial charge in [0.15, 0.2) is 0 Å². The Balaban J connectivity index is 1.71. The number of nitrogens with zero attached hydrogens (tertiary/aromatic N) is 3. The van der Waals surface area contributed by atoms with Crippen molar-refractivity contribution in [1.29, 1.82) is 0 Å². The Hall–Kier alpha value is -2.71. The van der Waals surface area contributed by atoms with Crippen LogP contribution >= 0.6 is 0 Å². The predicted octanol–water partition coefficient (Wildman–Crippen LogP) is 1.89. The predicted molar refractivity (Wildman–Crippen MR) is 105 cm³/mol. The molecule has 0 bridgehead atoms. The van der Waals surface area contributed by atoms with Crippen molar-refractivity contribution in [3.63, 3.8) is 0 Å². The van der Waals surface area contributed by atoms with Crippen LogP contribution in [0.3, 0.4) is 0 Å². The molecular weight excluding hydrogens is 360 g/mol. The Kier molecular flexibility index (Phi) is 5.15. The lowest BCUT2D eigenvalue weighted by Gasteiger charge is -2.30. The summed E-state index contributed by atoms with van der Waals surface area (Å²) in [5.74, 6) is -0.498. The molecule has 3 aromatic rings. The lowest BCUT2D eigenvalue weighted by molar-refractivity contribution is -0.00637. The van der Waals surface area contributed by atoms with Crippen LogP contribution in [-0.2, 0) is 9.47 Å². The van der Waals surface area contributed by atoms with Gasteiger partial charge in [-0.25, -0.2) is 4.98 Å². The number of benzene rings is 1. The smallest absolute Gasteiger partial charge is 0.277 e. The zero-order valence-electron chi connectivity index (χ0n) is 15.8. The molecule has 1 aliphatic carbocycles. The molecule has 1 aliphatic rings. The van der Waals surface area contributed by atoms with E-state index in [2.05, 4.69) is 4.98 Å². The van der Waals surface area contributed by atoms with Crippen molar-refractivity contribution in [3.05, 3.63) is 46.6 Å². The van der Waals surface area contributed by atoms with Gasteiger partial charge in [-0.1, -0.05) is 0 Å². The number of hydrogen-bond acceptors (Lipinski definition) is 5. The quantitative estimate of drug-likeness (QED) is 0.654. The number of imidazole rings is 1. The first-order chi connectivity index (χ1) is 13.6. The van der Waals surface area contributed by atoms with E-state index in [0.717, 1.165) is 36.7 Å². The van der Waals surface area contributed by atoms with E-state index in [1.807, 2.05) is 4.57 Å². The van der Waals surface area contributed by atoms with E-state index in [1.54, 1.807) is 42.2 Å². The van der Waals surface area contributed by atoms with Crippen LogP contribution in [0.15, 0.2) is 35.5 Å². The van der Waals surface area contributed by atoms with Gasteiger partial charge in [0.05, 0.1) is 42.9 Å². The van der Waals surface area contributed by atoms with E-state index in [9.17, 15) is 9.59 Å². The zero-order valence-corrected chi connectivity index (χ0v) is 15.8. The number of rotatable bonds is 6. The highest BCUT2D eigenvalue weighted by Gasteiger charge is 2.26. The second-order valence-electron chi connectivity index (χ2n) is 7.19. The molecule has 2 heterocycles. The number of ether oxygens (including phenoxy) is 2. The minimum absolute atomic E-state index is 0.0689. The van der Waals surface area contributed by atoms with Crippen LogP contribution in [0.2, 0.25) is 0 Å². The number of carbonyl (C=O) groups is 1. The fourth-order valence-electron chi connectivity index (χ4n) is 4.08. The molecule has 28 heavy (non-hydrogen) atoms. The summed E-state index contributed by atoms with van der Waals surface area (Å²) in [5.41, 5.74) is 7.81. The van der Waals surface area contributed by atoms with Crippen molar-refractivity contribution in [3.8, 4) is 0 Å². The van der Waals surface area contributed by atoms with Crippen LogP contribution in [0.1, 0.15) is 42.1 Å². The molecule has 0 radical (unpaired) electrons. The van der Waals surface area contributed by atoms with Crippen LogP contribution in [0.25, 0.3) is 16.6 Å². The van der Waals surface area contributed by atoms with Gasteiger partial charge >= 0.3 is 0 Å². The minimum Gasteiger partial charge on any atom is -0.382 e. The van der Waals surface area contributed by atoms with E-state index in [-0.39, 0.29) is 17.7 Å². The van der Waals surface area contributed by atoms with Gasteiger partial charge in [0.1, 0.15) is 5.52 Å². The fraction of sp³-hybridized carbons (Fsp3) is 0.450.